The first-order valence-electron chi connectivity index (χ1n) is 7.68. The standard InChI is InChI=1S/C19H16ClFN2OS/c1-12-6-7-14(10-13(12)2)23-9-8-22-18(19(23)24)25-11-15-16(20)4-3-5-17(15)21/h3-10H,11H2,1-2H3. The Hall–Kier alpha value is -2.11. The SMILES string of the molecule is Cc1ccc(-n2ccnc(SCc3c(F)cccc3Cl)c2=O)cc1C. The van der Waals surface area contributed by atoms with Crippen molar-refractivity contribution in [2.45, 2.75) is 24.6 Å². The van der Waals surface area contributed by atoms with Crippen LogP contribution in [0.5, 0.6) is 0 Å². The minimum absolute atomic E-state index is 0.233. The smallest absolute Gasteiger partial charge is 0.280 e. The van der Waals surface area contributed by atoms with Crippen LogP contribution in [0, 0.1) is 19.7 Å². The van der Waals surface area contributed by atoms with E-state index >= 15 is 0 Å². The number of thioether (sulfide) groups is 1. The lowest BCUT2D eigenvalue weighted by molar-refractivity contribution is 0.617. The topological polar surface area (TPSA) is 34.9 Å². The molecule has 0 unspecified atom stereocenters. The summed E-state index contributed by atoms with van der Waals surface area (Å²) in [6.45, 7) is 4.02. The van der Waals surface area contributed by atoms with Crippen molar-refractivity contribution in [2.75, 3.05) is 0 Å². The average molecular weight is 375 g/mol. The summed E-state index contributed by atoms with van der Waals surface area (Å²) in [5, 5.41) is 0.651. The van der Waals surface area contributed by atoms with Gasteiger partial charge in [-0.2, -0.15) is 0 Å². The third-order valence-corrected chi connectivity index (χ3v) is 5.33. The zero-order valence-electron chi connectivity index (χ0n) is 13.8. The van der Waals surface area contributed by atoms with Gasteiger partial charge in [-0.1, -0.05) is 35.5 Å². The Morgan fingerprint density at radius 3 is 2.72 bits per heavy atom. The van der Waals surface area contributed by atoms with Crippen LogP contribution >= 0.6 is 23.4 Å². The molecule has 3 aromatic rings. The molecule has 3 rings (SSSR count). The van der Waals surface area contributed by atoms with E-state index in [2.05, 4.69) is 4.98 Å². The second-order valence-electron chi connectivity index (χ2n) is 5.66. The summed E-state index contributed by atoms with van der Waals surface area (Å²) >= 11 is 7.21. The normalized spacial score (nSPS) is 10.9. The molecule has 0 saturated carbocycles. The van der Waals surface area contributed by atoms with Gasteiger partial charge in [-0.25, -0.2) is 9.37 Å². The van der Waals surface area contributed by atoms with Crippen molar-refractivity contribution >= 4 is 23.4 Å². The maximum Gasteiger partial charge on any atom is 0.287 e. The lowest BCUT2D eigenvalue weighted by Gasteiger charge is -2.10. The van der Waals surface area contributed by atoms with E-state index < -0.39 is 0 Å². The summed E-state index contributed by atoms with van der Waals surface area (Å²) in [4.78, 5) is 16.9. The van der Waals surface area contributed by atoms with Crippen molar-refractivity contribution in [3.8, 4) is 5.69 Å². The van der Waals surface area contributed by atoms with E-state index in [4.69, 9.17) is 11.6 Å². The molecule has 0 atom stereocenters. The first kappa shape index (κ1) is 17.7. The van der Waals surface area contributed by atoms with Crippen molar-refractivity contribution in [3.63, 3.8) is 0 Å². The van der Waals surface area contributed by atoms with Crippen molar-refractivity contribution < 1.29 is 4.39 Å². The van der Waals surface area contributed by atoms with E-state index in [1.165, 1.54) is 17.8 Å². The molecule has 0 bridgehead atoms. The fourth-order valence-electron chi connectivity index (χ4n) is 2.38. The molecular formula is C19H16ClFN2OS. The van der Waals surface area contributed by atoms with Crippen LogP contribution in [-0.2, 0) is 5.75 Å². The van der Waals surface area contributed by atoms with Crippen LogP contribution in [0.3, 0.4) is 0 Å². The molecule has 0 aliphatic rings. The fraction of sp³-hybridized carbons (Fsp3) is 0.158. The minimum Gasteiger partial charge on any atom is -0.280 e. The Morgan fingerprint density at radius 1 is 1.20 bits per heavy atom. The van der Waals surface area contributed by atoms with Crippen molar-refractivity contribution in [2.24, 2.45) is 0 Å². The first-order chi connectivity index (χ1) is 12.0. The molecule has 2 aromatic carbocycles. The molecule has 0 aliphatic carbocycles. The summed E-state index contributed by atoms with van der Waals surface area (Å²) in [5.41, 5.74) is 3.18. The van der Waals surface area contributed by atoms with Gasteiger partial charge in [0.1, 0.15) is 5.82 Å². The Bertz CT molecular complexity index is 967. The van der Waals surface area contributed by atoms with Crippen LogP contribution < -0.4 is 5.56 Å². The van der Waals surface area contributed by atoms with Gasteiger partial charge in [0.2, 0.25) is 0 Å². The van der Waals surface area contributed by atoms with E-state index in [-0.39, 0.29) is 17.1 Å². The van der Waals surface area contributed by atoms with Gasteiger partial charge in [0.05, 0.1) is 0 Å². The molecule has 6 heteroatoms. The highest BCUT2D eigenvalue weighted by atomic mass is 35.5. The second kappa shape index (κ2) is 7.42. The number of aryl methyl sites for hydroxylation is 2. The highest BCUT2D eigenvalue weighted by Crippen LogP contribution is 2.26. The van der Waals surface area contributed by atoms with E-state index in [1.807, 2.05) is 32.0 Å². The van der Waals surface area contributed by atoms with Crippen LogP contribution in [0.4, 0.5) is 4.39 Å². The Balaban J connectivity index is 1.91. The second-order valence-corrected chi connectivity index (χ2v) is 7.04. The van der Waals surface area contributed by atoms with Gasteiger partial charge >= 0.3 is 0 Å². The third-order valence-electron chi connectivity index (χ3n) is 3.99. The summed E-state index contributed by atoms with van der Waals surface area (Å²) in [7, 11) is 0. The number of aromatic nitrogens is 2. The molecule has 1 aromatic heterocycles. The lowest BCUT2D eigenvalue weighted by atomic mass is 10.1. The van der Waals surface area contributed by atoms with Gasteiger partial charge < -0.3 is 0 Å². The maximum atomic E-state index is 13.9. The molecule has 0 fully saturated rings. The molecule has 128 valence electrons. The Kier molecular flexibility index (Phi) is 5.25. The summed E-state index contributed by atoms with van der Waals surface area (Å²) in [5.74, 6) is -0.143. The van der Waals surface area contributed by atoms with Gasteiger partial charge in [0.25, 0.3) is 5.56 Å². The van der Waals surface area contributed by atoms with E-state index in [1.54, 1.807) is 29.1 Å². The van der Waals surface area contributed by atoms with Crippen molar-refractivity contribution in [1.82, 2.24) is 9.55 Å². The summed E-state index contributed by atoms with van der Waals surface area (Å²) in [6.07, 6.45) is 3.20. The Labute approximate surface area is 154 Å². The molecule has 0 radical (unpaired) electrons. The predicted molar refractivity (Wildman–Crippen MR) is 100 cm³/mol. The average Bonchev–Trinajstić information content (AvgIpc) is 2.58. The van der Waals surface area contributed by atoms with E-state index in [0.29, 0.717) is 15.6 Å². The fourth-order valence-corrected chi connectivity index (χ4v) is 3.62. The molecule has 0 amide bonds. The molecule has 1 heterocycles. The van der Waals surface area contributed by atoms with Crippen LogP contribution in [0.1, 0.15) is 16.7 Å². The highest BCUT2D eigenvalue weighted by Gasteiger charge is 2.12. The number of hydrogen-bond donors (Lipinski definition) is 0. The van der Waals surface area contributed by atoms with Crippen LogP contribution in [-0.4, -0.2) is 9.55 Å². The van der Waals surface area contributed by atoms with Crippen LogP contribution in [0.2, 0.25) is 5.02 Å². The zero-order chi connectivity index (χ0) is 18.0. The lowest BCUT2D eigenvalue weighted by Crippen LogP contribution is -2.20. The van der Waals surface area contributed by atoms with Gasteiger partial charge in [-0.15, -0.1) is 0 Å². The predicted octanol–water partition coefficient (Wildman–Crippen LogP) is 4.93. The number of rotatable bonds is 4. The van der Waals surface area contributed by atoms with Gasteiger partial charge in [-0.05, 0) is 49.2 Å². The minimum atomic E-state index is -0.384. The van der Waals surface area contributed by atoms with Crippen molar-refractivity contribution in [1.29, 1.82) is 0 Å². The molecule has 0 aliphatic heterocycles. The quantitative estimate of drug-likeness (QED) is 0.607. The van der Waals surface area contributed by atoms with Crippen LogP contribution in [0.15, 0.2) is 58.6 Å². The largest absolute Gasteiger partial charge is 0.287 e. The third kappa shape index (κ3) is 3.78. The van der Waals surface area contributed by atoms with Crippen LogP contribution in [0.25, 0.3) is 5.69 Å². The maximum absolute atomic E-state index is 13.9. The number of hydrogen-bond acceptors (Lipinski definition) is 3. The van der Waals surface area contributed by atoms with E-state index in [9.17, 15) is 9.18 Å². The molecule has 3 nitrogen and oxygen atoms in total. The molecule has 0 saturated heterocycles. The molecule has 0 N–H and O–H groups in total. The first-order valence-corrected chi connectivity index (χ1v) is 9.04. The monoisotopic (exact) mass is 374 g/mol. The number of halogens is 2. The van der Waals surface area contributed by atoms with Gasteiger partial charge in [0, 0.05) is 34.4 Å². The number of nitrogens with zero attached hydrogens (tertiary/aromatic N) is 2. The molecule has 0 spiro atoms. The van der Waals surface area contributed by atoms with Crippen molar-refractivity contribution in [3.05, 3.63) is 86.7 Å². The molecule has 25 heavy (non-hydrogen) atoms. The highest BCUT2D eigenvalue weighted by molar-refractivity contribution is 7.98. The number of benzene rings is 2. The van der Waals surface area contributed by atoms with Gasteiger partial charge in [-0.3, -0.25) is 9.36 Å². The zero-order valence-corrected chi connectivity index (χ0v) is 15.4. The molecular weight excluding hydrogens is 359 g/mol. The Morgan fingerprint density at radius 2 is 2.00 bits per heavy atom. The van der Waals surface area contributed by atoms with E-state index in [0.717, 1.165) is 16.8 Å². The van der Waals surface area contributed by atoms with Gasteiger partial charge in [0.15, 0.2) is 5.03 Å². The summed E-state index contributed by atoms with van der Waals surface area (Å²) in [6, 6.07) is 10.4. The summed E-state index contributed by atoms with van der Waals surface area (Å²) < 4.78 is 15.4.